The molecule has 1 aromatic heterocycles. The van der Waals surface area contributed by atoms with Gasteiger partial charge in [-0.15, -0.1) is 0 Å². The highest BCUT2D eigenvalue weighted by molar-refractivity contribution is 6.24. The van der Waals surface area contributed by atoms with Crippen molar-refractivity contribution >= 4 is 32.3 Å². The summed E-state index contributed by atoms with van der Waals surface area (Å²) >= 11 is 0. The third-order valence-electron chi connectivity index (χ3n) is 8.66. The van der Waals surface area contributed by atoms with Crippen molar-refractivity contribution in [1.29, 1.82) is 0 Å². The average Bonchev–Trinajstić information content (AvgIpc) is 3.08. The molecule has 0 atom stereocenters. The van der Waals surface area contributed by atoms with E-state index in [0.717, 1.165) is 5.56 Å². The van der Waals surface area contributed by atoms with Crippen molar-refractivity contribution < 1.29 is 0 Å². The quantitative estimate of drug-likeness (QED) is 0.200. The van der Waals surface area contributed by atoms with Crippen LogP contribution in [-0.4, -0.2) is 4.98 Å². The molecule has 0 saturated heterocycles. The third kappa shape index (κ3) is 4.21. The molecule has 1 heterocycles. The number of hydrogen-bond donors (Lipinski definition) is 0. The molecule has 0 unspecified atom stereocenters. The van der Waals surface area contributed by atoms with Gasteiger partial charge in [0, 0.05) is 18.0 Å². The summed E-state index contributed by atoms with van der Waals surface area (Å²) in [7, 11) is 0. The van der Waals surface area contributed by atoms with E-state index >= 15 is 0 Å². The zero-order valence-electron chi connectivity index (χ0n) is 24.0. The Morgan fingerprint density at radius 3 is 1.53 bits per heavy atom. The highest BCUT2D eigenvalue weighted by Crippen LogP contribution is 2.46. The number of aromatic nitrogens is 1. The van der Waals surface area contributed by atoms with Crippen LogP contribution in [0.3, 0.4) is 0 Å². The van der Waals surface area contributed by atoms with Crippen molar-refractivity contribution in [3.8, 4) is 44.5 Å². The number of pyridine rings is 1. The lowest BCUT2D eigenvalue weighted by molar-refractivity contribution is 1.33. The van der Waals surface area contributed by atoms with Gasteiger partial charge in [-0.3, -0.25) is 4.98 Å². The van der Waals surface area contributed by atoms with Gasteiger partial charge in [0.2, 0.25) is 0 Å². The van der Waals surface area contributed by atoms with Gasteiger partial charge in [0.1, 0.15) is 0 Å². The maximum absolute atomic E-state index is 4.56. The minimum atomic E-state index is 1.14. The van der Waals surface area contributed by atoms with Gasteiger partial charge in [-0.25, -0.2) is 0 Å². The molecule has 0 saturated carbocycles. The van der Waals surface area contributed by atoms with Crippen molar-refractivity contribution in [2.75, 3.05) is 0 Å². The molecular formula is C42H29N. The van der Waals surface area contributed by atoms with Gasteiger partial charge in [-0.2, -0.15) is 0 Å². The van der Waals surface area contributed by atoms with Gasteiger partial charge in [0.25, 0.3) is 0 Å². The Morgan fingerprint density at radius 1 is 0.349 bits per heavy atom. The molecule has 0 aliphatic heterocycles. The molecule has 7 aromatic carbocycles. The van der Waals surface area contributed by atoms with E-state index in [-0.39, 0.29) is 0 Å². The van der Waals surface area contributed by atoms with Crippen LogP contribution < -0.4 is 0 Å². The smallest absolute Gasteiger partial charge is 0.0352 e. The SMILES string of the molecule is Cc1ccc(-c2c3ccccc3c(-c3cccc4c(-c5cnccc5-c5ccccc5)cccc34)c3ccccc23)cc1. The van der Waals surface area contributed by atoms with Crippen LogP contribution in [0.4, 0.5) is 0 Å². The molecule has 0 fully saturated rings. The molecule has 0 radical (unpaired) electrons. The molecule has 0 aliphatic carbocycles. The summed E-state index contributed by atoms with van der Waals surface area (Å²) in [6, 6.07) is 52.8. The Balaban J connectivity index is 1.44. The van der Waals surface area contributed by atoms with E-state index in [1.165, 1.54) is 76.8 Å². The molecule has 43 heavy (non-hydrogen) atoms. The third-order valence-corrected chi connectivity index (χ3v) is 8.66. The number of aryl methyl sites for hydroxylation is 1. The van der Waals surface area contributed by atoms with Crippen LogP contribution in [0.2, 0.25) is 0 Å². The van der Waals surface area contributed by atoms with Crippen molar-refractivity contribution in [2.24, 2.45) is 0 Å². The second kappa shape index (κ2) is 10.4. The fraction of sp³-hybridized carbons (Fsp3) is 0.0238. The minimum absolute atomic E-state index is 1.14. The van der Waals surface area contributed by atoms with Gasteiger partial charge in [0.05, 0.1) is 0 Å². The van der Waals surface area contributed by atoms with Crippen molar-refractivity contribution in [3.63, 3.8) is 0 Å². The Bertz CT molecular complexity index is 2220. The van der Waals surface area contributed by atoms with Crippen molar-refractivity contribution in [2.45, 2.75) is 6.92 Å². The molecule has 1 heteroatoms. The predicted molar refractivity (Wildman–Crippen MR) is 183 cm³/mol. The summed E-state index contributed by atoms with van der Waals surface area (Å²) in [6.45, 7) is 2.15. The number of fused-ring (bicyclic) bond motifs is 3. The fourth-order valence-electron chi connectivity index (χ4n) is 6.69. The van der Waals surface area contributed by atoms with Gasteiger partial charge < -0.3 is 0 Å². The van der Waals surface area contributed by atoms with Crippen molar-refractivity contribution in [3.05, 3.63) is 164 Å². The lowest BCUT2D eigenvalue weighted by atomic mass is 9.84. The molecule has 0 spiro atoms. The Morgan fingerprint density at radius 2 is 0.884 bits per heavy atom. The second-order valence-corrected chi connectivity index (χ2v) is 11.2. The van der Waals surface area contributed by atoms with E-state index in [4.69, 9.17) is 0 Å². The van der Waals surface area contributed by atoms with Crippen LogP contribution >= 0.6 is 0 Å². The number of hydrogen-bond acceptors (Lipinski definition) is 1. The van der Waals surface area contributed by atoms with E-state index in [9.17, 15) is 0 Å². The van der Waals surface area contributed by atoms with Gasteiger partial charge >= 0.3 is 0 Å². The normalized spacial score (nSPS) is 11.4. The predicted octanol–water partition coefficient (Wildman–Crippen LogP) is 11.5. The van der Waals surface area contributed by atoms with E-state index in [1.54, 1.807) is 0 Å². The Hall–Kier alpha value is -5.53. The summed E-state index contributed by atoms with van der Waals surface area (Å²) < 4.78 is 0. The maximum Gasteiger partial charge on any atom is 0.0352 e. The summed E-state index contributed by atoms with van der Waals surface area (Å²) in [4.78, 5) is 4.56. The molecule has 0 aliphatic rings. The molecule has 8 aromatic rings. The van der Waals surface area contributed by atoms with Crippen LogP contribution in [0.5, 0.6) is 0 Å². The van der Waals surface area contributed by atoms with E-state index < -0.39 is 0 Å². The average molecular weight is 548 g/mol. The van der Waals surface area contributed by atoms with Crippen LogP contribution in [0.25, 0.3) is 76.8 Å². The lowest BCUT2D eigenvalue weighted by Crippen LogP contribution is -1.93. The first-order chi connectivity index (χ1) is 21.3. The molecule has 0 N–H and O–H groups in total. The number of benzene rings is 7. The molecule has 202 valence electrons. The first-order valence-corrected chi connectivity index (χ1v) is 14.8. The van der Waals surface area contributed by atoms with E-state index in [1.807, 2.05) is 12.4 Å². The van der Waals surface area contributed by atoms with Crippen LogP contribution in [-0.2, 0) is 0 Å². The minimum Gasteiger partial charge on any atom is -0.264 e. The second-order valence-electron chi connectivity index (χ2n) is 11.2. The first kappa shape index (κ1) is 25.2. The number of nitrogens with zero attached hydrogens (tertiary/aromatic N) is 1. The lowest BCUT2D eigenvalue weighted by Gasteiger charge is -2.19. The first-order valence-electron chi connectivity index (χ1n) is 14.8. The zero-order valence-corrected chi connectivity index (χ0v) is 24.0. The van der Waals surface area contributed by atoms with Gasteiger partial charge in [-0.1, -0.05) is 145 Å². The van der Waals surface area contributed by atoms with E-state index in [2.05, 4.69) is 158 Å². The highest BCUT2D eigenvalue weighted by Gasteiger charge is 2.19. The maximum atomic E-state index is 4.56. The summed E-state index contributed by atoms with van der Waals surface area (Å²) in [5.74, 6) is 0. The number of rotatable bonds is 4. The summed E-state index contributed by atoms with van der Waals surface area (Å²) in [5.41, 5.74) is 11.0. The monoisotopic (exact) mass is 547 g/mol. The Labute approximate surface area is 251 Å². The van der Waals surface area contributed by atoms with Gasteiger partial charge in [-0.05, 0) is 84.3 Å². The van der Waals surface area contributed by atoms with Crippen LogP contribution in [0.15, 0.2) is 158 Å². The topological polar surface area (TPSA) is 12.9 Å². The molecule has 0 amide bonds. The molecule has 8 rings (SSSR count). The van der Waals surface area contributed by atoms with Crippen LogP contribution in [0.1, 0.15) is 5.56 Å². The standard InChI is InChI=1S/C42H29N/c1-28-21-23-30(24-22-28)41-36-13-5-7-15-38(36)42(39-16-8-6-14-37(39)41)35-20-10-17-32-33(35)18-9-19-34(32)40-27-43-26-25-31(40)29-11-3-2-4-12-29/h2-27H,1H3. The molecule has 0 bridgehead atoms. The largest absolute Gasteiger partial charge is 0.264 e. The Kier molecular flexibility index (Phi) is 6.09. The van der Waals surface area contributed by atoms with Crippen LogP contribution in [0, 0.1) is 6.92 Å². The highest BCUT2D eigenvalue weighted by atomic mass is 14.6. The van der Waals surface area contributed by atoms with E-state index in [0.29, 0.717) is 0 Å². The van der Waals surface area contributed by atoms with Gasteiger partial charge in [0.15, 0.2) is 0 Å². The fourth-order valence-corrected chi connectivity index (χ4v) is 6.69. The zero-order chi connectivity index (χ0) is 28.8. The summed E-state index contributed by atoms with van der Waals surface area (Å²) in [5, 5.41) is 7.53. The molecular weight excluding hydrogens is 518 g/mol. The summed E-state index contributed by atoms with van der Waals surface area (Å²) in [6.07, 6.45) is 3.89. The van der Waals surface area contributed by atoms with Crippen molar-refractivity contribution in [1.82, 2.24) is 4.98 Å². The molecule has 1 nitrogen and oxygen atoms in total.